The summed E-state index contributed by atoms with van der Waals surface area (Å²) in [6, 6.07) is 6.91. The van der Waals surface area contributed by atoms with Crippen LogP contribution in [-0.2, 0) is 10.0 Å². The second kappa shape index (κ2) is 6.01. The van der Waals surface area contributed by atoms with Gasteiger partial charge in [-0.25, -0.2) is 13.1 Å². The van der Waals surface area contributed by atoms with Crippen LogP contribution in [0.2, 0.25) is 0 Å². The number of nitrogens with one attached hydrogen (secondary N) is 1. The number of nitrogens with two attached hydrogens (primary N) is 1. The molecule has 1 fully saturated rings. The van der Waals surface area contributed by atoms with Gasteiger partial charge in [0.1, 0.15) is 12.4 Å². The Labute approximate surface area is 120 Å². The fraction of sp³-hybridized carbons (Fsp3) is 0.571. The summed E-state index contributed by atoms with van der Waals surface area (Å²) >= 11 is 0. The lowest BCUT2D eigenvalue weighted by Crippen LogP contribution is -2.45. The van der Waals surface area contributed by atoms with Gasteiger partial charge in [-0.3, -0.25) is 0 Å². The lowest BCUT2D eigenvalue weighted by molar-refractivity contribution is 0.338. The van der Waals surface area contributed by atoms with Crippen molar-refractivity contribution in [2.75, 3.05) is 18.1 Å². The Bertz CT molecular complexity index is 534. The molecule has 0 heterocycles. The number of rotatable bonds is 6. The lowest BCUT2D eigenvalue weighted by atomic mass is 10.0. The average Bonchev–Trinajstić information content (AvgIpc) is 2.77. The Morgan fingerprint density at radius 1 is 1.25 bits per heavy atom. The quantitative estimate of drug-likeness (QED) is 0.786. The average molecular weight is 298 g/mol. The van der Waals surface area contributed by atoms with E-state index in [1.54, 1.807) is 24.3 Å². The standard InChI is InChI=1S/C14H22N2O3S/c1-14(8-2-3-9-14)16-20(17,18)11-10-19-13-6-4-12(15)5-7-13/h4-7,16H,2-3,8-11,15H2,1H3. The SMILES string of the molecule is CC1(NS(=O)(=O)CCOc2ccc(N)cc2)CCCC1. The largest absolute Gasteiger partial charge is 0.492 e. The molecule has 0 radical (unpaired) electrons. The molecule has 112 valence electrons. The molecule has 0 saturated heterocycles. The summed E-state index contributed by atoms with van der Waals surface area (Å²) in [7, 11) is -3.30. The summed E-state index contributed by atoms with van der Waals surface area (Å²) in [5, 5.41) is 0. The van der Waals surface area contributed by atoms with E-state index in [0.29, 0.717) is 11.4 Å². The molecular formula is C14H22N2O3S. The number of ether oxygens (including phenoxy) is 1. The Balaban J connectivity index is 1.81. The zero-order valence-corrected chi connectivity index (χ0v) is 12.6. The molecule has 5 nitrogen and oxygen atoms in total. The van der Waals surface area contributed by atoms with Gasteiger partial charge in [-0.1, -0.05) is 12.8 Å². The number of nitrogen functional groups attached to an aromatic ring is 1. The molecule has 0 atom stereocenters. The predicted molar refractivity (Wildman–Crippen MR) is 80.1 cm³/mol. The van der Waals surface area contributed by atoms with Crippen LogP contribution in [0.1, 0.15) is 32.6 Å². The van der Waals surface area contributed by atoms with Crippen molar-refractivity contribution in [2.45, 2.75) is 38.1 Å². The van der Waals surface area contributed by atoms with E-state index in [1.165, 1.54) is 0 Å². The van der Waals surface area contributed by atoms with E-state index in [2.05, 4.69) is 4.72 Å². The summed E-state index contributed by atoms with van der Waals surface area (Å²) in [5.74, 6) is 0.592. The first-order valence-electron chi connectivity index (χ1n) is 6.89. The van der Waals surface area contributed by atoms with Crippen LogP contribution in [0.25, 0.3) is 0 Å². The van der Waals surface area contributed by atoms with E-state index in [4.69, 9.17) is 10.5 Å². The maximum absolute atomic E-state index is 12.0. The first kappa shape index (κ1) is 15.1. The third-order valence-corrected chi connectivity index (χ3v) is 5.12. The zero-order valence-electron chi connectivity index (χ0n) is 11.8. The topological polar surface area (TPSA) is 81.4 Å². The smallest absolute Gasteiger partial charge is 0.215 e. The van der Waals surface area contributed by atoms with Crippen LogP contribution in [0.3, 0.4) is 0 Å². The van der Waals surface area contributed by atoms with Gasteiger partial charge >= 0.3 is 0 Å². The summed E-state index contributed by atoms with van der Waals surface area (Å²) in [6.45, 7) is 2.10. The van der Waals surface area contributed by atoms with Gasteiger partial charge in [0.15, 0.2) is 0 Å². The van der Waals surface area contributed by atoms with Crippen LogP contribution in [0.15, 0.2) is 24.3 Å². The number of hydrogen-bond acceptors (Lipinski definition) is 4. The highest BCUT2D eigenvalue weighted by atomic mass is 32.2. The molecule has 0 unspecified atom stereocenters. The monoisotopic (exact) mass is 298 g/mol. The van der Waals surface area contributed by atoms with E-state index in [-0.39, 0.29) is 17.9 Å². The number of anilines is 1. The maximum Gasteiger partial charge on any atom is 0.215 e. The normalized spacial score (nSPS) is 18.1. The molecule has 3 N–H and O–H groups in total. The number of hydrogen-bond donors (Lipinski definition) is 2. The fourth-order valence-corrected chi connectivity index (χ4v) is 3.88. The molecule has 1 aliphatic rings. The molecule has 1 aromatic carbocycles. The molecule has 1 saturated carbocycles. The summed E-state index contributed by atoms with van der Waals surface area (Å²) in [4.78, 5) is 0. The zero-order chi connectivity index (χ0) is 14.6. The number of sulfonamides is 1. The molecule has 6 heteroatoms. The minimum atomic E-state index is -3.30. The summed E-state index contributed by atoms with van der Waals surface area (Å²) in [5.41, 5.74) is 5.94. The maximum atomic E-state index is 12.0. The second-order valence-corrected chi connectivity index (χ2v) is 7.45. The van der Waals surface area contributed by atoms with Gasteiger partial charge in [-0.2, -0.15) is 0 Å². The van der Waals surface area contributed by atoms with Crippen molar-refractivity contribution in [3.63, 3.8) is 0 Å². The molecule has 0 aliphatic heterocycles. The molecule has 1 aliphatic carbocycles. The van der Waals surface area contributed by atoms with Crippen LogP contribution in [-0.4, -0.2) is 26.3 Å². The minimum Gasteiger partial charge on any atom is -0.492 e. The third-order valence-electron chi connectivity index (χ3n) is 3.61. The Morgan fingerprint density at radius 2 is 1.85 bits per heavy atom. The Hall–Kier alpha value is -1.27. The van der Waals surface area contributed by atoms with Crippen molar-refractivity contribution >= 4 is 15.7 Å². The molecule has 20 heavy (non-hydrogen) atoms. The Kier molecular flexibility index (Phi) is 4.55. The molecule has 1 aromatic rings. The summed E-state index contributed by atoms with van der Waals surface area (Å²) < 4.78 is 32.3. The first-order valence-corrected chi connectivity index (χ1v) is 8.54. The van der Waals surface area contributed by atoms with Gasteiger partial charge < -0.3 is 10.5 Å². The highest BCUT2D eigenvalue weighted by Gasteiger charge is 2.32. The van der Waals surface area contributed by atoms with Crippen LogP contribution in [0, 0.1) is 0 Å². The molecule has 0 bridgehead atoms. The van der Waals surface area contributed by atoms with Crippen LogP contribution in [0.5, 0.6) is 5.75 Å². The van der Waals surface area contributed by atoms with Gasteiger partial charge in [0.2, 0.25) is 10.0 Å². The van der Waals surface area contributed by atoms with Gasteiger partial charge in [-0.15, -0.1) is 0 Å². The predicted octanol–water partition coefficient (Wildman–Crippen LogP) is 1.90. The molecular weight excluding hydrogens is 276 g/mol. The van der Waals surface area contributed by atoms with Gasteiger partial charge in [-0.05, 0) is 44.0 Å². The molecule has 0 aromatic heterocycles. The van der Waals surface area contributed by atoms with Crippen molar-refractivity contribution in [1.29, 1.82) is 0 Å². The van der Waals surface area contributed by atoms with E-state index in [1.807, 2.05) is 6.92 Å². The highest BCUT2D eigenvalue weighted by molar-refractivity contribution is 7.89. The third kappa shape index (κ3) is 4.38. The lowest BCUT2D eigenvalue weighted by Gasteiger charge is -2.24. The van der Waals surface area contributed by atoms with E-state index in [0.717, 1.165) is 25.7 Å². The fourth-order valence-electron chi connectivity index (χ4n) is 2.52. The van der Waals surface area contributed by atoms with Crippen molar-refractivity contribution in [1.82, 2.24) is 4.72 Å². The van der Waals surface area contributed by atoms with Gasteiger partial charge in [0.05, 0.1) is 5.75 Å². The molecule has 0 spiro atoms. The van der Waals surface area contributed by atoms with Crippen molar-refractivity contribution in [2.24, 2.45) is 0 Å². The van der Waals surface area contributed by atoms with Crippen molar-refractivity contribution in [3.8, 4) is 5.75 Å². The highest BCUT2D eigenvalue weighted by Crippen LogP contribution is 2.29. The van der Waals surface area contributed by atoms with E-state index < -0.39 is 10.0 Å². The first-order chi connectivity index (χ1) is 9.39. The van der Waals surface area contributed by atoms with Crippen LogP contribution >= 0.6 is 0 Å². The minimum absolute atomic E-state index is 0.0348. The summed E-state index contributed by atoms with van der Waals surface area (Å²) in [6.07, 6.45) is 3.98. The Morgan fingerprint density at radius 3 is 2.45 bits per heavy atom. The van der Waals surface area contributed by atoms with Crippen molar-refractivity contribution < 1.29 is 13.2 Å². The van der Waals surface area contributed by atoms with Crippen molar-refractivity contribution in [3.05, 3.63) is 24.3 Å². The van der Waals surface area contributed by atoms with E-state index in [9.17, 15) is 8.42 Å². The molecule has 0 amide bonds. The van der Waals surface area contributed by atoms with Gasteiger partial charge in [0, 0.05) is 11.2 Å². The molecule has 2 rings (SSSR count). The number of benzene rings is 1. The van der Waals surface area contributed by atoms with Crippen LogP contribution in [0.4, 0.5) is 5.69 Å². The van der Waals surface area contributed by atoms with E-state index >= 15 is 0 Å². The van der Waals surface area contributed by atoms with Gasteiger partial charge in [0.25, 0.3) is 0 Å². The second-order valence-electron chi connectivity index (χ2n) is 5.61. The van der Waals surface area contributed by atoms with Crippen LogP contribution < -0.4 is 15.2 Å².